The fourth-order valence-electron chi connectivity index (χ4n) is 4.09. The number of nitrogens with zero attached hydrogens (tertiary/aromatic N) is 2. The minimum absolute atomic E-state index is 0.0770. The van der Waals surface area contributed by atoms with Crippen LogP contribution in [0.2, 0.25) is 0 Å². The van der Waals surface area contributed by atoms with Gasteiger partial charge in [0, 0.05) is 20.2 Å². The van der Waals surface area contributed by atoms with E-state index in [1.54, 1.807) is 7.11 Å². The number of phosphoric ester groups is 1. The molecule has 12 heteroatoms. The summed E-state index contributed by atoms with van der Waals surface area (Å²) in [5, 5.41) is -0.208. The first-order chi connectivity index (χ1) is 20.0. The van der Waals surface area contributed by atoms with Crippen molar-refractivity contribution in [3.63, 3.8) is 0 Å². The predicted molar refractivity (Wildman–Crippen MR) is 164 cm³/mol. The summed E-state index contributed by atoms with van der Waals surface area (Å²) >= 11 is 6.19. The summed E-state index contributed by atoms with van der Waals surface area (Å²) in [5.41, 5.74) is 2.21. The molecule has 234 valence electrons. The lowest BCUT2D eigenvalue weighted by atomic mass is 10.0. The molecule has 10 nitrogen and oxygen atoms in total. The minimum Gasteiger partial charge on any atom is -0.497 e. The molecular weight excluding hydrogens is 583 g/mol. The third kappa shape index (κ3) is 10.6. The zero-order valence-electron chi connectivity index (χ0n) is 25.8. The van der Waals surface area contributed by atoms with Gasteiger partial charge in [0.1, 0.15) is 28.4 Å². The first kappa shape index (κ1) is 35.6. The van der Waals surface area contributed by atoms with Crippen molar-refractivity contribution in [1.82, 2.24) is 9.80 Å². The fraction of sp³-hybridized carbons (Fsp3) is 0.500. The molecule has 0 heterocycles. The van der Waals surface area contributed by atoms with Gasteiger partial charge in [0.05, 0.1) is 7.11 Å². The number of rotatable bonds is 18. The number of ether oxygens (including phenoxy) is 3. The SMILES string of the molecule is CCN(CC)C(=O)/C(Cl)=C(/C)OP(=O)(OC)OCOC(C)[C@@H](Oc1ccccc1CCc1cccc(OC)c1)N(C)C. The number of para-hydroxylation sites is 1. The van der Waals surface area contributed by atoms with E-state index in [2.05, 4.69) is 6.07 Å². The average molecular weight is 627 g/mol. The van der Waals surface area contributed by atoms with Gasteiger partial charge < -0.3 is 23.6 Å². The monoisotopic (exact) mass is 626 g/mol. The maximum Gasteiger partial charge on any atom is 0.531 e. The van der Waals surface area contributed by atoms with E-state index in [4.69, 9.17) is 39.4 Å². The Bertz CT molecular complexity index is 1220. The highest BCUT2D eigenvalue weighted by molar-refractivity contribution is 7.48. The van der Waals surface area contributed by atoms with E-state index in [-0.39, 0.29) is 10.8 Å². The van der Waals surface area contributed by atoms with E-state index in [0.717, 1.165) is 35.5 Å². The molecule has 1 amide bonds. The van der Waals surface area contributed by atoms with Gasteiger partial charge in [-0.3, -0.25) is 14.2 Å². The highest BCUT2D eigenvalue weighted by Crippen LogP contribution is 2.51. The number of halogens is 1. The lowest BCUT2D eigenvalue weighted by Gasteiger charge is -2.31. The van der Waals surface area contributed by atoms with E-state index in [1.807, 2.05) is 82.2 Å². The maximum absolute atomic E-state index is 13.1. The second-order valence-corrected chi connectivity index (χ2v) is 11.7. The molecular formula is C30H44ClN2O8P. The Balaban J connectivity index is 2.04. The Morgan fingerprint density at radius 1 is 1.02 bits per heavy atom. The Hall–Kier alpha value is -2.59. The van der Waals surface area contributed by atoms with E-state index in [0.29, 0.717) is 13.1 Å². The van der Waals surface area contributed by atoms with Crippen molar-refractivity contribution in [2.24, 2.45) is 0 Å². The third-order valence-corrected chi connectivity index (χ3v) is 8.30. The molecule has 0 aromatic heterocycles. The van der Waals surface area contributed by atoms with Crippen LogP contribution < -0.4 is 9.47 Å². The Labute approximate surface area is 255 Å². The van der Waals surface area contributed by atoms with Crippen molar-refractivity contribution in [1.29, 1.82) is 0 Å². The largest absolute Gasteiger partial charge is 0.531 e. The van der Waals surface area contributed by atoms with E-state index in [1.165, 1.54) is 18.9 Å². The molecule has 42 heavy (non-hydrogen) atoms. The van der Waals surface area contributed by atoms with Gasteiger partial charge >= 0.3 is 7.82 Å². The van der Waals surface area contributed by atoms with Crippen LogP contribution in [0.1, 0.15) is 38.8 Å². The number of likely N-dealkylation sites (N-methyl/N-ethyl adjacent to an activating group) is 2. The Kier molecular flexibility index (Phi) is 14.8. The van der Waals surface area contributed by atoms with Crippen LogP contribution in [0, 0.1) is 0 Å². The van der Waals surface area contributed by atoms with Gasteiger partial charge in [-0.15, -0.1) is 0 Å². The molecule has 2 aromatic rings. The van der Waals surface area contributed by atoms with Crippen LogP contribution in [-0.4, -0.2) is 76.2 Å². The van der Waals surface area contributed by atoms with Crippen LogP contribution in [0.4, 0.5) is 0 Å². The number of methoxy groups -OCH3 is 1. The average Bonchev–Trinajstić information content (AvgIpc) is 2.99. The summed E-state index contributed by atoms with van der Waals surface area (Å²) in [6.07, 6.45) is 0.565. The van der Waals surface area contributed by atoms with Crippen LogP contribution >= 0.6 is 19.4 Å². The molecule has 0 aliphatic carbocycles. The molecule has 0 N–H and O–H groups in total. The Morgan fingerprint density at radius 2 is 1.71 bits per heavy atom. The molecule has 0 aliphatic heterocycles. The molecule has 2 aromatic carbocycles. The standard InChI is InChI=1S/C30H44ClN2O8P/c1-9-33(10-2)29(34)28(31)22(3)41-42(35,37-8)39-21-38-23(4)30(32(5)6)40-27-17-12-11-15-25(27)19-18-24-14-13-16-26(20-24)36-7/h11-17,20,23,30H,9-10,18-19,21H2,1-8H3/b28-22+/t23?,30-,42?/m1/s1. The van der Waals surface area contributed by atoms with Crippen LogP contribution in [0.3, 0.4) is 0 Å². The second-order valence-electron chi connectivity index (χ2n) is 9.62. The number of hydrogen-bond donors (Lipinski definition) is 0. The number of allylic oxidation sites excluding steroid dienone is 1. The van der Waals surface area contributed by atoms with Gasteiger partial charge in [-0.25, -0.2) is 9.09 Å². The van der Waals surface area contributed by atoms with Crippen LogP contribution in [0.5, 0.6) is 11.5 Å². The highest BCUT2D eigenvalue weighted by atomic mass is 35.5. The van der Waals surface area contributed by atoms with Crippen LogP contribution in [0.15, 0.2) is 59.3 Å². The summed E-state index contributed by atoms with van der Waals surface area (Å²) in [4.78, 5) is 15.9. The first-order valence-electron chi connectivity index (χ1n) is 13.8. The van der Waals surface area contributed by atoms with E-state index in [9.17, 15) is 9.36 Å². The van der Waals surface area contributed by atoms with Crippen molar-refractivity contribution in [2.75, 3.05) is 48.2 Å². The van der Waals surface area contributed by atoms with E-state index < -0.39 is 32.9 Å². The lowest BCUT2D eigenvalue weighted by Crippen LogP contribution is -2.43. The Morgan fingerprint density at radius 3 is 2.33 bits per heavy atom. The molecule has 2 unspecified atom stereocenters. The van der Waals surface area contributed by atoms with Crippen molar-refractivity contribution < 1.29 is 37.1 Å². The summed E-state index contributed by atoms with van der Waals surface area (Å²) in [7, 11) is 2.44. The normalized spacial score (nSPS) is 14.9. The molecule has 0 bridgehead atoms. The topological polar surface area (TPSA) is 96.0 Å². The van der Waals surface area contributed by atoms with E-state index >= 15 is 0 Å². The zero-order chi connectivity index (χ0) is 31.3. The van der Waals surface area contributed by atoms with Crippen molar-refractivity contribution in [3.8, 4) is 11.5 Å². The molecule has 0 saturated heterocycles. The summed E-state index contributed by atoms with van der Waals surface area (Å²) in [6.45, 7) is 7.40. The number of phosphoric acid groups is 1. The third-order valence-electron chi connectivity index (χ3n) is 6.51. The number of carbonyl (C=O) groups is 1. The van der Waals surface area contributed by atoms with Crippen molar-refractivity contribution in [2.45, 2.75) is 52.9 Å². The van der Waals surface area contributed by atoms with Crippen molar-refractivity contribution in [3.05, 3.63) is 70.4 Å². The highest BCUT2D eigenvalue weighted by Gasteiger charge is 2.31. The van der Waals surface area contributed by atoms with Gasteiger partial charge in [-0.05, 0) is 84.0 Å². The molecule has 0 aliphatic rings. The summed E-state index contributed by atoms with van der Waals surface area (Å²) in [5.74, 6) is 1.03. The summed E-state index contributed by atoms with van der Waals surface area (Å²) in [6, 6.07) is 15.9. The molecule has 2 rings (SSSR count). The minimum atomic E-state index is -4.13. The quantitative estimate of drug-likeness (QED) is 0.0825. The second kappa shape index (κ2) is 17.5. The number of aryl methyl sites for hydroxylation is 2. The molecule has 0 fully saturated rings. The van der Waals surface area contributed by atoms with Crippen LogP contribution in [-0.2, 0) is 40.5 Å². The van der Waals surface area contributed by atoms with Gasteiger partial charge in [0.25, 0.3) is 5.91 Å². The predicted octanol–water partition coefficient (Wildman–Crippen LogP) is 6.24. The van der Waals surface area contributed by atoms with Gasteiger partial charge in [-0.1, -0.05) is 41.9 Å². The first-order valence-corrected chi connectivity index (χ1v) is 15.6. The molecule has 0 radical (unpaired) electrons. The van der Waals surface area contributed by atoms with Gasteiger partial charge in [0.2, 0.25) is 0 Å². The molecule has 0 saturated carbocycles. The smallest absolute Gasteiger partial charge is 0.497 e. The lowest BCUT2D eigenvalue weighted by molar-refractivity contribution is -0.126. The number of amides is 1. The number of benzene rings is 2. The zero-order valence-corrected chi connectivity index (χ0v) is 27.4. The van der Waals surface area contributed by atoms with Crippen molar-refractivity contribution >= 4 is 25.3 Å². The number of hydrogen-bond acceptors (Lipinski definition) is 9. The molecule has 0 spiro atoms. The molecule has 3 atom stereocenters. The maximum atomic E-state index is 13.1. The van der Waals surface area contributed by atoms with Crippen LogP contribution in [0.25, 0.3) is 0 Å². The summed E-state index contributed by atoms with van der Waals surface area (Å²) < 4.78 is 46.4. The van der Waals surface area contributed by atoms with Gasteiger partial charge in [-0.2, -0.15) is 0 Å². The van der Waals surface area contributed by atoms with Gasteiger partial charge in [0.15, 0.2) is 13.0 Å². The number of carbonyl (C=O) groups excluding carboxylic acids is 1. The fourth-order valence-corrected chi connectivity index (χ4v) is 5.15.